The molecule has 0 atom stereocenters. The van der Waals surface area contributed by atoms with Gasteiger partial charge in [0.05, 0.1) is 21.1 Å². The van der Waals surface area contributed by atoms with Crippen molar-refractivity contribution in [1.82, 2.24) is 9.97 Å². The molecule has 0 aliphatic carbocycles. The lowest BCUT2D eigenvalue weighted by Gasteiger charge is -2.05. The highest BCUT2D eigenvalue weighted by molar-refractivity contribution is 9.10. The molecule has 0 fully saturated rings. The second kappa shape index (κ2) is 7.25. The Bertz CT molecular complexity index is 1050. The van der Waals surface area contributed by atoms with Crippen LogP contribution in [0.3, 0.4) is 0 Å². The van der Waals surface area contributed by atoms with Crippen LogP contribution in [0.4, 0.5) is 0 Å². The van der Waals surface area contributed by atoms with Crippen LogP contribution in [0.5, 0.6) is 5.75 Å². The molecule has 2 aromatic carbocycles. The molecule has 1 heterocycles. The van der Waals surface area contributed by atoms with Gasteiger partial charge in [-0.1, -0.05) is 18.1 Å². The predicted molar refractivity (Wildman–Crippen MR) is 103 cm³/mol. The zero-order valence-electron chi connectivity index (χ0n) is 13.5. The summed E-state index contributed by atoms with van der Waals surface area (Å²) in [7, 11) is 0. The molecular weight excluding hydrogens is 378 g/mol. The number of allylic oxidation sites excluding steroid dienone is 1. The fraction of sp³-hybridized carbons (Fsp3) is 0.100. The summed E-state index contributed by atoms with van der Waals surface area (Å²) >= 11 is 3.45. The van der Waals surface area contributed by atoms with Gasteiger partial charge in [0.25, 0.3) is 0 Å². The number of aryl methyl sites for hydroxylation is 1. The van der Waals surface area contributed by atoms with Gasteiger partial charge in [-0.2, -0.15) is 5.26 Å². The molecule has 0 saturated heterocycles. The molecule has 0 aliphatic heterocycles. The Morgan fingerprint density at radius 3 is 2.92 bits per heavy atom. The van der Waals surface area contributed by atoms with Gasteiger partial charge in [0.2, 0.25) is 0 Å². The number of rotatable bonds is 4. The average Bonchev–Trinajstić information content (AvgIpc) is 3.01. The van der Waals surface area contributed by atoms with Gasteiger partial charge in [0.1, 0.15) is 24.3 Å². The quantitative estimate of drug-likeness (QED) is 0.517. The summed E-state index contributed by atoms with van der Waals surface area (Å²) in [6.07, 6.45) is 6.98. The van der Waals surface area contributed by atoms with Crippen LogP contribution >= 0.6 is 15.9 Å². The van der Waals surface area contributed by atoms with Crippen LogP contribution in [0.2, 0.25) is 0 Å². The maximum Gasteiger partial charge on any atom is 0.149 e. The van der Waals surface area contributed by atoms with Gasteiger partial charge in [-0.15, -0.1) is 6.42 Å². The number of ether oxygens (including phenoxy) is 1. The van der Waals surface area contributed by atoms with Crippen LogP contribution in [0, 0.1) is 30.6 Å². The molecule has 25 heavy (non-hydrogen) atoms. The molecule has 0 radical (unpaired) electrons. The van der Waals surface area contributed by atoms with Gasteiger partial charge in [-0.25, -0.2) is 4.98 Å². The molecule has 3 rings (SSSR count). The number of aromatic nitrogens is 2. The predicted octanol–water partition coefficient (Wildman–Crippen LogP) is 4.71. The van der Waals surface area contributed by atoms with E-state index in [1.165, 1.54) is 0 Å². The minimum atomic E-state index is 0.204. The second-order valence-electron chi connectivity index (χ2n) is 5.46. The second-order valence-corrected chi connectivity index (χ2v) is 6.31. The molecule has 0 unspecified atom stereocenters. The van der Waals surface area contributed by atoms with Crippen LogP contribution < -0.4 is 4.74 Å². The van der Waals surface area contributed by atoms with E-state index < -0.39 is 0 Å². The first-order valence-corrected chi connectivity index (χ1v) is 8.34. The molecule has 3 aromatic rings. The van der Waals surface area contributed by atoms with Crippen molar-refractivity contribution in [3.8, 4) is 24.2 Å². The van der Waals surface area contributed by atoms with Crippen molar-refractivity contribution in [1.29, 1.82) is 5.26 Å². The lowest BCUT2D eigenvalue weighted by molar-refractivity contribution is 0.368. The van der Waals surface area contributed by atoms with E-state index in [0.717, 1.165) is 26.6 Å². The fourth-order valence-electron chi connectivity index (χ4n) is 2.41. The molecule has 0 spiro atoms. The highest BCUT2D eigenvalue weighted by Crippen LogP contribution is 2.28. The maximum absolute atomic E-state index is 9.52. The highest BCUT2D eigenvalue weighted by Gasteiger charge is 2.09. The van der Waals surface area contributed by atoms with Crippen LogP contribution in [0.15, 0.2) is 40.9 Å². The minimum absolute atomic E-state index is 0.204. The monoisotopic (exact) mass is 391 g/mol. The van der Waals surface area contributed by atoms with Crippen molar-refractivity contribution in [3.63, 3.8) is 0 Å². The van der Waals surface area contributed by atoms with E-state index in [0.29, 0.717) is 17.1 Å². The number of aromatic amines is 1. The van der Waals surface area contributed by atoms with E-state index in [4.69, 9.17) is 11.2 Å². The van der Waals surface area contributed by atoms with E-state index in [1.807, 2.05) is 43.3 Å². The normalized spacial score (nSPS) is 11.1. The molecular formula is C20H14BrN3O. The van der Waals surface area contributed by atoms with E-state index in [1.54, 1.807) is 6.08 Å². The first kappa shape index (κ1) is 16.8. The summed E-state index contributed by atoms with van der Waals surface area (Å²) in [6.45, 7) is 2.22. The molecule has 5 heteroatoms. The maximum atomic E-state index is 9.52. The number of terminal acetylenes is 1. The van der Waals surface area contributed by atoms with Gasteiger partial charge in [-0.05, 0) is 64.3 Å². The van der Waals surface area contributed by atoms with Gasteiger partial charge >= 0.3 is 0 Å². The van der Waals surface area contributed by atoms with E-state index in [2.05, 4.69) is 37.9 Å². The molecule has 122 valence electrons. The summed E-state index contributed by atoms with van der Waals surface area (Å²) in [5.74, 6) is 3.64. The van der Waals surface area contributed by atoms with Gasteiger partial charge < -0.3 is 9.72 Å². The zero-order chi connectivity index (χ0) is 17.8. The SMILES string of the molecule is C#CCOc1ccc(C=C(C#N)c2nc3ccc(C)cc3[nH]2)cc1Br. The number of nitrogens with zero attached hydrogens (tertiary/aromatic N) is 2. The van der Waals surface area contributed by atoms with Gasteiger partial charge in [-0.3, -0.25) is 0 Å². The van der Waals surface area contributed by atoms with Crippen LogP contribution in [0.1, 0.15) is 17.0 Å². The van der Waals surface area contributed by atoms with Crippen LogP contribution in [0.25, 0.3) is 22.7 Å². The third kappa shape index (κ3) is 3.74. The number of H-pyrrole nitrogens is 1. The summed E-state index contributed by atoms with van der Waals surface area (Å²) in [5, 5.41) is 9.52. The van der Waals surface area contributed by atoms with Crippen molar-refractivity contribution in [2.45, 2.75) is 6.92 Å². The number of imidazole rings is 1. The molecule has 4 nitrogen and oxygen atoms in total. The number of fused-ring (bicyclic) bond motifs is 1. The van der Waals surface area contributed by atoms with Crippen molar-refractivity contribution < 1.29 is 4.74 Å². The van der Waals surface area contributed by atoms with Crippen molar-refractivity contribution in [3.05, 3.63) is 57.8 Å². The number of nitrogens with one attached hydrogen (secondary N) is 1. The zero-order valence-corrected chi connectivity index (χ0v) is 15.1. The lowest BCUT2D eigenvalue weighted by atomic mass is 10.1. The Morgan fingerprint density at radius 2 is 2.20 bits per heavy atom. The Labute approximate surface area is 154 Å². The summed E-state index contributed by atoms with van der Waals surface area (Å²) in [4.78, 5) is 7.70. The third-order valence-electron chi connectivity index (χ3n) is 3.59. The number of hydrogen-bond acceptors (Lipinski definition) is 3. The molecule has 0 bridgehead atoms. The fourth-order valence-corrected chi connectivity index (χ4v) is 2.93. The summed E-state index contributed by atoms with van der Waals surface area (Å²) in [6, 6.07) is 13.7. The van der Waals surface area contributed by atoms with Gasteiger partial charge in [0, 0.05) is 0 Å². The highest BCUT2D eigenvalue weighted by atomic mass is 79.9. The van der Waals surface area contributed by atoms with Crippen LogP contribution in [-0.2, 0) is 0 Å². The molecule has 1 N–H and O–H groups in total. The first-order chi connectivity index (χ1) is 12.1. The largest absolute Gasteiger partial charge is 0.480 e. The Morgan fingerprint density at radius 1 is 1.36 bits per heavy atom. The average molecular weight is 392 g/mol. The van der Waals surface area contributed by atoms with Gasteiger partial charge in [0.15, 0.2) is 0 Å². The van der Waals surface area contributed by atoms with E-state index in [-0.39, 0.29) is 6.61 Å². The van der Waals surface area contributed by atoms with Crippen molar-refractivity contribution in [2.24, 2.45) is 0 Å². The van der Waals surface area contributed by atoms with Crippen LogP contribution in [-0.4, -0.2) is 16.6 Å². The number of hydrogen-bond donors (Lipinski definition) is 1. The number of benzene rings is 2. The first-order valence-electron chi connectivity index (χ1n) is 7.55. The molecule has 0 amide bonds. The molecule has 0 aliphatic rings. The smallest absolute Gasteiger partial charge is 0.149 e. The minimum Gasteiger partial charge on any atom is -0.480 e. The Kier molecular flexibility index (Phi) is 4.88. The summed E-state index contributed by atoms with van der Waals surface area (Å²) in [5.41, 5.74) is 4.19. The molecule has 1 aromatic heterocycles. The summed E-state index contributed by atoms with van der Waals surface area (Å²) < 4.78 is 6.19. The Hall–Kier alpha value is -3.02. The number of halogens is 1. The topological polar surface area (TPSA) is 61.7 Å². The lowest BCUT2D eigenvalue weighted by Crippen LogP contribution is -1.94. The third-order valence-corrected chi connectivity index (χ3v) is 4.21. The number of nitriles is 1. The van der Waals surface area contributed by atoms with Crippen molar-refractivity contribution in [2.75, 3.05) is 6.61 Å². The molecule has 0 saturated carbocycles. The van der Waals surface area contributed by atoms with Crippen molar-refractivity contribution >= 4 is 38.6 Å². The van der Waals surface area contributed by atoms with E-state index >= 15 is 0 Å². The Balaban J connectivity index is 1.95. The van der Waals surface area contributed by atoms with E-state index in [9.17, 15) is 5.26 Å². The standard InChI is InChI=1S/C20H14BrN3O/c1-3-8-25-19-7-5-14(11-16(19)21)10-15(12-22)20-23-17-6-4-13(2)9-18(17)24-20/h1,4-7,9-11H,8H2,2H3,(H,23,24).